The van der Waals surface area contributed by atoms with E-state index in [1.54, 1.807) is 11.3 Å². The molecule has 1 nitrogen and oxygen atoms in total. The molecule has 3 rings (SSSR count). The molecule has 0 bridgehead atoms. The summed E-state index contributed by atoms with van der Waals surface area (Å²) in [7, 11) is 0. The maximum atomic E-state index is 6.19. The Hall–Kier alpha value is -1.35. The highest BCUT2D eigenvalue weighted by Crippen LogP contribution is 2.35. The summed E-state index contributed by atoms with van der Waals surface area (Å²) in [5.74, 6) is 0. The summed E-state index contributed by atoms with van der Waals surface area (Å²) < 4.78 is 1.34. The zero-order chi connectivity index (χ0) is 14.7. The van der Waals surface area contributed by atoms with E-state index in [4.69, 9.17) is 11.6 Å². The molecule has 0 atom stereocenters. The lowest BCUT2D eigenvalue weighted by Crippen LogP contribution is -2.14. The summed E-state index contributed by atoms with van der Waals surface area (Å²) >= 11 is 7.99. The number of hydrogen-bond donors (Lipinski definition) is 1. The Labute approximate surface area is 134 Å². The van der Waals surface area contributed by atoms with Crippen LogP contribution in [0.25, 0.3) is 21.2 Å². The number of hydrogen-bond acceptors (Lipinski definition) is 2. The van der Waals surface area contributed by atoms with Crippen LogP contribution in [0.2, 0.25) is 5.02 Å². The molecule has 0 aliphatic heterocycles. The number of halogens is 1. The van der Waals surface area contributed by atoms with Crippen LogP contribution in [0.3, 0.4) is 0 Å². The molecule has 1 N–H and O–H groups in total. The minimum atomic E-state index is 0.797. The van der Waals surface area contributed by atoms with Crippen LogP contribution in [0.1, 0.15) is 18.9 Å². The fourth-order valence-corrected chi connectivity index (χ4v) is 3.70. The molecule has 0 fully saturated rings. The van der Waals surface area contributed by atoms with Gasteiger partial charge in [0.25, 0.3) is 0 Å². The Morgan fingerprint density at radius 1 is 1.10 bits per heavy atom. The van der Waals surface area contributed by atoms with E-state index in [-0.39, 0.29) is 0 Å². The molecule has 0 spiro atoms. The van der Waals surface area contributed by atoms with Crippen molar-refractivity contribution in [3.63, 3.8) is 0 Å². The first-order valence-electron chi connectivity index (χ1n) is 7.25. The molecule has 1 heterocycles. The van der Waals surface area contributed by atoms with Gasteiger partial charge in [-0.05, 0) is 58.6 Å². The number of fused-ring (bicyclic) bond motifs is 1. The molecule has 2 aromatic carbocycles. The molecule has 0 saturated heterocycles. The van der Waals surface area contributed by atoms with Gasteiger partial charge in [0.2, 0.25) is 0 Å². The maximum absolute atomic E-state index is 6.19. The van der Waals surface area contributed by atoms with Crippen LogP contribution in [0.5, 0.6) is 0 Å². The molecule has 3 heteroatoms. The van der Waals surface area contributed by atoms with Gasteiger partial charge >= 0.3 is 0 Å². The van der Waals surface area contributed by atoms with E-state index in [2.05, 4.69) is 54.0 Å². The Balaban J connectivity index is 2.06. The lowest BCUT2D eigenvalue weighted by molar-refractivity contribution is 0.676. The van der Waals surface area contributed by atoms with Gasteiger partial charge in [0.1, 0.15) is 0 Å². The molecule has 0 aliphatic carbocycles. The number of rotatable bonds is 5. The molecule has 0 saturated carbocycles. The predicted molar refractivity (Wildman–Crippen MR) is 94.3 cm³/mol. The maximum Gasteiger partial charge on any atom is 0.0421 e. The summed E-state index contributed by atoms with van der Waals surface area (Å²) in [5.41, 5.74) is 3.83. The summed E-state index contributed by atoms with van der Waals surface area (Å²) in [6, 6.07) is 14.9. The molecular weight excluding hydrogens is 298 g/mol. The van der Waals surface area contributed by atoms with Gasteiger partial charge in [-0.3, -0.25) is 0 Å². The van der Waals surface area contributed by atoms with E-state index >= 15 is 0 Å². The van der Waals surface area contributed by atoms with Gasteiger partial charge in [-0.25, -0.2) is 0 Å². The highest BCUT2D eigenvalue weighted by Gasteiger charge is 2.10. The van der Waals surface area contributed by atoms with Crippen molar-refractivity contribution < 1.29 is 0 Å². The number of thiophene rings is 1. The molecule has 1 aromatic heterocycles. The van der Waals surface area contributed by atoms with Crippen molar-refractivity contribution in [2.24, 2.45) is 0 Å². The fraction of sp³-hybridized carbons (Fsp3) is 0.222. The SMILES string of the molecule is CCCNCc1cc(Cl)ccc1-c1cccc2ccsc12. The molecule has 0 amide bonds. The third kappa shape index (κ3) is 3.13. The quantitative estimate of drug-likeness (QED) is 0.594. The summed E-state index contributed by atoms with van der Waals surface area (Å²) in [6.45, 7) is 4.05. The Bertz CT molecular complexity index is 748. The Kier molecular flexibility index (Phi) is 4.59. The van der Waals surface area contributed by atoms with Crippen molar-refractivity contribution in [2.75, 3.05) is 6.54 Å². The van der Waals surface area contributed by atoms with Gasteiger partial charge in [-0.2, -0.15) is 0 Å². The third-order valence-corrected chi connectivity index (χ3v) is 4.78. The summed E-state index contributed by atoms with van der Waals surface area (Å²) in [6.07, 6.45) is 1.14. The van der Waals surface area contributed by atoms with Crippen LogP contribution >= 0.6 is 22.9 Å². The highest BCUT2D eigenvalue weighted by atomic mass is 35.5. The van der Waals surface area contributed by atoms with E-state index in [1.165, 1.54) is 26.8 Å². The smallest absolute Gasteiger partial charge is 0.0421 e. The minimum Gasteiger partial charge on any atom is -0.313 e. The monoisotopic (exact) mass is 315 g/mol. The highest BCUT2D eigenvalue weighted by molar-refractivity contribution is 7.17. The van der Waals surface area contributed by atoms with E-state index in [1.807, 2.05) is 6.07 Å². The van der Waals surface area contributed by atoms with Crippen molar-refractivity contribution in [3.8, 4) is 11.1 Å². The van der Waals surface area contributed by atoms with Crippen LogP contribution in [-0.4, -0.2) is 6.54 Å². The molecule has 0 aliphatic rings. The van der Waals surface area contributed by atoms with Gasteiger partial charge < -0.3 is 5.32 Å². The van der Waals surface area contributed by atoms with Crippen LogP contribution in [-0.2, 0) is 6.54 Å². The Morgan fingerprint density at radius 2 is 2.00 bits per heavy atom. The van der Waals surface area contributed by atoms with E-state index in [0.717, 1.165) is 24.5 Å². The molecule has 3 aromatic rings. The van der Waals surface area contributed by atoms with E-state index < -0.39 is 0 Å². The van der Waals surface area contributed by atoms with Crippen LogP contribution in [0.4, 0.5) is 0 Å². The second-order valence-electron chi connectivity index (χ2n) is 5.12. The van der Waals surface area contributed by atoms with Crippen molar-refractivity contribution in [2.45, 2.75) is 19.9 Å². The Morgan fingerprint density at radius 3 is 2.86 bits per heavy atom. The van der Waals surface area contributed by atoms with Crippen molar-refractivity contribution in [1.82, 2.24) is 5.32 Å². The second-order valence-corrected chi connectivity index (χ2v) is 6.48. The molecular formula is C18H18ClNS. The van der Waals surface area contributed by atoms with Crippen molar-refractivity contribution in [1.29, 1.82) is 0 Å². The first kappa shape index (κ1) is 14.6. The van der Waals surface area contributed by atoms with Gasteiger partial charge in [-0.1, -0.05) is 42.8 Å². The molecule has 108 valence electrons. The van der Waals surface area contributed by atoms with E-state index in [0.29, 0.717) is 0 Å². The topological polar surface area (TPSA) is 12.0 Å². The van der Waals surface area contributed by atoms with Crippen LogP contribution < -0.4 is 5.32 Å². The first-order chi connectivity index (χ1) is 10.3. The molecule has 21 heavy (non-hydrogen) atoms. The van der Waals surface area contributed by atoms with Gasteiger partial charge in [-0.15, -0.1) is 11.3 Å². The third-order valence-electron chi connectivity index (χ3n) is 3.58. The van der Waals surface area contributed by atoms with E-state index in [9.17, 15) is 0 Å². The molecule has 0 radical (unpaired) electrons. The second kappa shape index (κ2) is 6.61. The predicted octanol–water partition coefficient (Wildman–Crippen LogP) is 5.72. The van der Waals surface area contributed by atoms with Crippen LogP contribution in [0.15, 0.2) is 47.8 Å². The normalized spacial score (nSPS) is 11.1. The van der Waals surface area contributed by atoms with Gasteiger partial charge in [0.05, 0.1) is 0 Å². The zero-order valence-corrected chi connectivity index (χ0v) is 13.6. The lowest BCUT2D eigenvalue weighted by atomic mass is 9.98. The summed E-state index contributed by atoms with van der Waals surface area (Å²) in [4.78, 5) is 0. The van der Waals surface area contributed by atoms with Crippen molar-refractivity contribution >= 4 is 33.0 Å². The lowest BCUT2D eigenvalue weighted by Gasteiger charge is -2.12. The van der Waals surface area contributed by atoms with Gasteiger partial charge in [0, 0.05) is 16.3 Å². The summed E-state index contributed by atoms with van der Waals surface area (Å²) in [5, 5.41) is 7.73. The average molecular weight is 316 g/mol. The fourth-order valence-electron chi connectivity index (χ4n) is 2.58. The van der Waals surface area contributed by atoms with Crippen LogP contribution in [0, 0.1) is 0 Å². The minimum absolute atomic E-state index is 0.797. The number of nitrogens with one attached hydrogen (secondary N) is 1. The van der Waals surface area contributed by atoms with Crippen molar-refractivity contribution in [3.05, 3.63) is 58.4 Å². The first-order valence-corrected chi connectivity index (χ1v) is 8.51. The largest absolute Gasteiger partial charge is 0.313 e. The van der Waals surface area contributed by atoms with Gasteiger partial charge in [0.15, 0.2) is 0 Å². The standard InChI is InChI=1S/C18H18ClNS/c1-2-9-20-12-14-11-15(19)6-7-16(14)17-5-3-4-13-8-10-21-18(13)17/h3-8,10-11,20H,2,9,12H2,1H3. The zero-order valence-electron chi connectivity index (χ0n) is 12.0. The number of benzene rings is 2. The molecule has 0 unspecified atom stereocenters. The average Bonchev–Trinajstić information content (AvgIpc) is 2.96.